The second-order valence-corrected chi connectivity index (χ2v) is 9.90. The minimum atomic E-state index is -3.44. The summed E-state index contributed by atoms with van der Waals surface area (Å²) in [7, 11) is -3.44. The van der Waals surface area contributed by atoms with E-state index in [0.29, 0.717) is 25.6 Å². The van der Waals surface area contributed by atoms with Crippen LogP contribution in [0.15, 0.2) is 24.3 Å². The molecule has 2 heterocycles. The maximum absolute atomic E-state index is 12.6. The number of benzene rings is 1. The van der Waals surface area contributed by atoms with Crippen LogP contribution >= 0.6 is 11.6 Å². The van der Waals surface area contributed by atoms with Gasteiger partial charge in [-0.25, -0.2) is 4.72 Å². The number of hydrogen-bond acceptors (Lipinski definition) is 4. The van der Waals surface area contributed by atoms with Crippen LogP contribution in [0.25, 0.3) is 0 Å². The Labute approximate surface area is 168 Å². The molecule has 152 valence electrons. The molecule has 6 nitrogen and oxygen atoms in total. The Bertz CT molecular complexity index is 713. The standard InChI is InChI=1S/C19H30ClN3O3S/c1-15-12-23(13-16(2)26-15)27(24,25)21-11-17-7-9-22(10-8-17)14-18-5-3-4-6-19(18)20/h3-6,15-17,21H,7-14H2,1-2H3. The fourth-order valence-corrected chi connectivity index (χ4v) is 5.49. The van der Waals surface area contributed by atoms with Gasteiger partial charge in [-0.15, -0.1) is 0 Å². The van der Waals surface area contributed by atoms with Crippen molar-refractivity contribution in [1.82, 2.24) is 13.9 Å². The average molecular weight is 416 g/mol. The molecule has 1 aromatic rings. The Hall–Kier alpha value is -0.700. The smallest absolute Gasteiger partial charge is 0.279 e. The predicted octanol–water partition coefficient (Wildman–Crippen LogP) is 2.50. The van der Waals surface area contributed by atoms with Crippen LogP contribution in [0, 0.1) is 5.92 Å². The summed E-state index contributed by atoms with van der Waals surface area (Å²) in [6.07, 6.45) is 1.84. The third-order valence-corrected chi connectivity index (χ3v) is 7.22. The molecule has 0 amide bonds. The first-order valence-electron chi connectivity index (χ1n) is 9.69. The van der Waals surface area contributed by atoms with Gasteiger partial charge in [0.05, 0.1) is 12.2 Å². The van der Waals surface area contributed by atoms with E-state index in [1.165, 1.54) is 4.31 Å². The van der Waals surface area contributed by atoms with E-state index in [4.69, 9.17) is 16.3 Å². The molecule has 2 unspecified atom stereocenters. The Kier molecular flexibility index (Phi) is 7.16. The minimum Gasteiger partial charge on any atom is -0.373 e. The second kappa shape index (κ2) is 9.20. The lowest BCUT2D eigenvalue weighted by Gasteiger charge is -2.35. The Morgan fingerprint density at radius 2 is 1.78 bits per heavy atom. The highest BCUT2D eigenvalue weighted by Gasteiger charge is 2.31. The lowest BCUT2D eigenvalue weighted by molar-refractivity contribution is -0.0444. The first-order valence-corrected chi connectivity index (χ1v) is 11.5. The number of hydrogen-bond donors (Lipinski definition) is 1. The van der Waals surface area contributed by atoms with E-state index in [2.05, 4.69) is 15.7 Å². The molecule has 1 N–H and O–H groups in total. The van der Waals surface area contributed by atoms with Crippen LogP contribution in [-0.2, 0) is 21.5 Å². The minimum absolute atomic E-state index is 0.0709. The van der Waals surface area contributed by atoms with Crippen LogP contribution in [0.1, 0.15) is 32.3 Å². The summed E-state index contributed by atoms with van der Waals surface area (Å²) in [5.74, 6) is 0.373. The number of nitrogens with one attached hydrogen (secondary N) is 1. The summed E-state index contributed by atoms with van der Waals surface area (Å²) in [5.41, 5.74) is 1.15. The van der Waals surface area contributed by atoms with Gasteiger partial charge in [-0.3, -0.25) is 4.90 Å². The van der Waals surface area contributed by atoms with Gasteiger partial charge in [0.15, 0.2) is 0 Å². The number of piperidine rings is 1. The monoisotopic (exact) mass is 415 g/mol. The van der Waals surface area contributed by atoms with Crippen LogP contribution in [0.4, 0.5) is 0 Å². The van der Waals surface area contributed by atoms with Crippen molar-refractivity contribution in [3.63, 3.8) is 0 Å². The van der Waals surface area contributed by atoms with Crippen LogP contribution in [0.2, 0.25) is 5.02 Å². The molecule has 1 aromatic carbocycles. The van der Waals surface area contributed by atoms with E-state index in [0.717, 1.165) is 43.1 Å². The summed E-state index contributed by atoms with van der Waals surface area (Å²) < 4.78 is 35.1. The van der Waals surface area contributed by atoms with Gasteiger partial charge in [0.25, 0.3) is 10.2 Å². The summed E-state index contributed by atoms with van der Waals surface area (Å²) >= 11 is 6.25. The molecule has 2 fully saturated rings. The quantitative estimate of drug-likeness (QED) is 0.775. The zero-order valence-electron chi connectivity index (χ0n) is 16.1. The van der Waals surface area contributed by atoms with Crippen molar-refractivity contribution in [2.45, 2.75) is 45.4 Å². The van der Waals surface area contributed by atoms with Crippen LogP contribution in [0.5, 0.6) is 0 Å². The van der Waals surface area contributed by atoms with Crippen LogP contribution in [-0.4, -0.2) is 62.6 Å². The van der Waals surface area contributed by atoms with Crippen molar-refractivity contribution in [2.75, 3.05) is 32.7 Å². The van der Waals surface area contributed by atoms with E-state index in [1.54, 1.807) is 0 Å². The third kappa shape index (κ3) is 5.89. The van der Waals surface area contributed by atoms with Gasteiger partial charge in [-0.2, -0.15) is 12.7 Å². The predicted molar refractivity (Wildman–Crippen MR) is 108 cm³/mol. The van der Waals surface area contributed by atoms with E-state index in [9.17, 15) is 8.42 Å². The van der Waals surface area contributed by atoms with Gasteiger partial charge in [0.1, 0.15) is 0 Å². The number of morpholine rings is 1. The van der Waals surface area contributed by atoms with Gasteiger partial charge >= 0.3 is 0 Å². The number of likely N-dealkylation sites (tertiary alicyclic amines) is 1. The van der Waals surface area contributed by atoms with Gasteiger partial charge < -0.3 is 4.74 Å². The third-order valence-electron chi connectivity index (χ3n) is 5.34. The fraction of sp³-hybridized carbons (Fsp3) is 0.684. The number of rotatable bonds is 6. The topological polar surface area (TPSA) is 61.9 Å². The molecule has 0 aromatic heterocycles. The SMILES string of the molecule is CC1CN(S(=O)(=O)NCC2CCN(Cc3ccccc3Cl)CC2)CC(C)O1. The fourth-order valence-electron chi connectivity index (χ4n) is 3.86. The largest absolute Gasteiger partial charge is 0.373 e. The van der Waals surface area contributed by atoms with Crippen molar-refractivity contribution in [2.24, 2.45) is 5.92 Å². The van der Waals surface area contributed by atoms with E-state index in [1.807, 2.05) is 32.0 Å². The van der Waals surface area contributed by atoms with Crippen molar-refractivity contribution >= 4 is 21.8 Å². The zero-order valence-corrected chi connectivity index (χ0v) is 17.7. The van der Waals surface area contributed by atoms with Gasteiger partial charge in [-0.1, -0.05) is 29.8 Å². The second-order valence-electron chi connectivity index (χ2n) is 7.74. The van der Waals surface area contributed by atoms with E-state index >= 15 is 0 Å². The molecular weight excluding hydrogens is 386 g/mol. The maximum atomic E-state index is 12.6. The molecule has 2 aliphatic rings. The summed E-state index contributed by atoms with van der Waals surface area (Å²) in [5, 5.41) is 0.807. The molecule has 8 heteroatoms. The molecule has 0 saturated carbocycles. The Balaban J connectivity index is 1.44. The lowest BCUT2D eigenvalue weighted by Crippen LogP contribution is -2.52. The number of halogens is 1. The van der Waals surface area contributed by atoms with E-state index < -0.39 is 10.2 Å². The molecule has 27 heavy (non-hydrogen) atoms. The first-order chi connectivity index (χ1) is 12.8. The Morgan fingerprint density at radius 1 is 1.15 bits per heavy atom. The van der Waals surface area contributed by atoms with E-state index in [-0.39, 0.29) is 12.2 Å². The highest BCUT2D eigenvalue weighted by Crippen LogP contribution is 2.22. The highest BCUT2D eigenvalue weighted by molar-refractivity contribution is 7.87. The molecule has 2 atom stereocenters. The van der Waals surface area contributed by atoms with Crippen molar-refractivity contribution in [3.8, 4) is 0 Å². The molecule has 0 radical (unpaired) electrons. The molecule has 0 spiro atoms. The van der Waals surface area contributed by atoms with Crippen LogP contribution < -0.4 is 4.72 Å². The van der Waals surface area contributed by atoms with Gasteiger partial charge in [0.2, 0.25) is 0 Å². The summed E-state index contributed by atoms with van der Waals surface area (Å²) in [6.45, 7) is 7.92. The van der Waals surface area contributed by atoms with Crippen LogP contribution in [0.3, 0.4) is 0 Å². The van der Waals surface area contributed by atoms with Crippen molar-refractivity contribution in [1.29, 1.82) is 0 Å². The molecule has 2 saturated heterocycles. The highest BCUT2D eigenvalue weighted by atomic mass is 35.5. The first kappa shape index (κ1) is 21.0. The van der Waals surface area contributed by atoms with Gasteiger partial charge in [-0.05, 0) is 57.3 Å². The Morgan fingerprint density at radius 3 is 2.41 bits per heavy atom. The number of ether oxygens (including phenoxy) is 1. The lowest BCUT2D eigenvalue weighted by atomic mass is 9.97. The van der Waals surface area contributed by atoms with Crippen molar-refractivity contribution < 1.29 is 13.2 Å². The average Bonchev–Trinajstić information content (AvgIpc) is 2.62. The molecule has 0 aliphatic carbocycles. The molecule has 2 aliphatic heterocycles. The summed E-state index contributed by atoms with van der Waals surface area (Å²) in [6, 6.07) is 7.94. The number of nitrogens with zero attached hydrogens (tertiary/aromatic N) is 2. The molecular formula is C19H30ClN3O3S. The van der Waals surface area contributed by atoms with Crippen molar-refractivity contribution in [3.05, 3.63) is 34.9 Å². The molecule has 0 bridgehead atoms. The normalized spacial score (nSPS) is 26.3. The summed E-state index contributed by atoms with van der Waals surface area (Å²) in [4.78, 5) is 2.39. The van der Waals surface area contributed by atoms with Gasteiger partial charge in [0, 0.05) is 31.2 Å². The zero-order chi connectivity index (χ0) is 19.4. The maximum Gasteiger partial charge on any atom is 0.279 e. The molecule has 3 rings (SSSR count).